The summed E-state index contributed by atoms with van der Waals surface area (Å²) in [5.41, 5.74) is 3.66. The molecular formula is C30H22Cl2N4OS. The molecule has 0 spiro atoms. The van der Waals surface area contributed by atoms with E-state index in [1.807, 2.05) is 97.2 Å². The normalized spacial score (nSPS) is 16.9. The van der Waals surface area contributed by atoms with E-state index in [0.29, 0.717) is 15.2 Å². The number of benzene rings is 3. The van der Waals surface area contributed by atoms with Crippen molar-refractivity contribution < 1.29 is 4.74 Å². The van der Waals surface area contributed by atoms with E-state index in [2.05, 4.69) is 25.8 Å². The summed E-state index contributed by atoms with van der Waals surface area (Å²) in [4.78, 5) is 6.78. The van der Waals surface area contributed by atoms with Gasteiger partial charge in [-0.3, -0.25) is 4.98 Å². The van der Waals surface area contributed by atoms with Gasteiger partial charge in [0.2, 0.25) is 0 Å². The average Bonchev–Trinajstić information content (AvgIpc) is 3.54. The maximum Gasteiger partial charge on any atom is 0.174 e. The molecule has 38 heavy (non-hydrogen) atoms. The molecule has 0 bridgehead atoms. The van der Waals surface area contributed by atoms with Gasteiger partial charge in [-0.05, 0) is 91.1 Å². The Morgan fingerprint density at radius 2 is 1.58 bits per heavy atom. The van der Waals surface area contributed by atoms with E-state index in [-0.39, 0.29) is 12.1 Å². The quantitative estimate of drug-likeness (QED) is 0.214. The summed E-state index contributed by atoms with van der Waals surface area (Å²) in [6.45, 7) is 0. The topological polar surface area (TPSA) is 42.3 Å². The number of nitrogens with one attached hydrogen (secondary N) is 1. The van der Waals surface area contributed by atoms with E-state index in [0.717, 1.165) is 34.3 Å². The molecule has 5 aromatic rings. The van der Waals surface area contributed by atoms with E-state index >= 15 is 0 Å². The molecule has 1 N–H and O–H groups in total. The second-order valence-corrected chi connectivity index (χ2v) is 10.0. The predicted octanol–water partition coefficient (Wildman–Crippen LogP) is 8.15. The number of thiocarbonyl (C=S) groups is 1. The maximum absolute atomic E-state index is 6.63. The molecule has 1 aliphatic rings. The molecule has 188 valence electrons. The highest BCUT2D eigenvalue weighted by atomic mass is 35.5. The highest BCUT2D eigenvalue weighted by Gasteiger charge is 2.42. The zero-order valence-corrected chi connectivity index (χ0v) is 22.4. The zero-order valence-electron chi connectivity index (χ0n) is 20.0. The molecule has 0 aliphatic carbocycles. The van der Waals surface area contributed by atoms with Crippen LogP contribution in [0.3, 0.4) is 0 Å². The number of hydrogen-bond donors (Lipinski definition) is 1. The fourth-order valence-corrected chi connectivity index (χ4v) is 5.61. The first-order chi connectivity index (χ1) is 18.6. The van der Waals surface area contributed by atoms with Gasteiger partial charge in [0.25, 0.3) is 0 Å². The van der Waals surface area contributed by atoms with Gasteiger partial charge in [-0.25, -0.2) is 0 Å². The molecule has 3 aromatic carbocycles. The molecule has 1 aliphatic heterocycles. The van der Waals surface area contributed by atoms with Gasteiger partial charge in [-0.2, -0.15) is 0 Å². The number of ether oxygens (including phenoxy) is 1. The number of aromatic nitrogens is 2. The third kappa shape index (κ3) is 4.74. The smallest absolute Gasteiger partial charge is 0.174 e. The van der Waals surface area contributed by atoms with Gasteiger partial charge in [0, 0.05) is 28.8 Å². The van der Waals surface area contributed by atoms with E-state index in [1.54, 1.807) is 12.3 Å². The molecule has 2 aromatic heterocycles. The lowest BCUT2D eigenvalue weighted by Gasteiger charge is -2.29. The molecule has 5 nitrogen and oxygen atoms in total. The lowest BCUT2D eigenvalue weighted by atomic mass is 10.0. The average molecular weight is 558 g/mol. The van der Waals surface area contributed by atoms with E-state index in [4.69, 9.17) is 40.2 Å². The van der Waals surface area contributed by atoms with Crippen molar-refractivity contribution in [3.05, 3.63) is 137 Å². The number of halogens is 2. The zero-order chi connectivity index (χ0) is 26.1. The van der Waals surface area contributed by atoms with E-state index in [1.165, 1.54) is 0 Å². The molecule has 8 heteroatoms. The molecule has 0 radical (unpaired) electrons. The number of nitrogens with zero attached hydrogens (tertiary/aromatic N) is 3. The molecule has 0 unspecified atom stereocenters. The molecular weight excluding hydrogens is 535 g/mol. The van der Waals surface area contributed by atoms with Crippen LogP contribution in [0.4, 0.5) is 5.69 Å². The molecule has 2 atom stereocenters. The van der Waals surface area contributed by atoms with E-state index < -0.39 is 0 Å². The van der Waals surface area contributed by atoms with Crippen LogP contribution < -0.4 is 15.0 Å². The minimum atomic E-state index is -0.208. The Morgan fingerprint density at radius 3 is 2.32 bits per heavy atom. The Balaban J connectivity index is 1.42. The lowest BCUT2D eigenvalue weighted by molar-refractivity contribution is 0.482. The van der Waals surface area contributed by atoms with Gasteiger partial charge < -0.3 is 19.5 Å². The molecule has 1 saturated heterocycles. The van der Waals surface area contributed by atoms with Crippen LogP contribution in [0.5, 0.6) is 11.5 Å². The van der Waals surface area contributed by atoms with Gasteiger partial charge >= 0.3 is 0 Å². The van der Waals surface area contributed by atoms with Gasteiger partial charge in [-0.1, -0.05) is 47.5 Å². The summed E-state index contributed by atoms with van der Waals surface area (Å²) < 4.78 is 8.08. The van der Waals surface area contributed by atoms with Crippen molar-refractivity contribution >= 4 is 46.2 Å². The Kier molecular flexibility index (Phi) is 6.77. The standard InChI is InChI=1S/C30H22Cl2N4OS/c31-20-11-16-26(24(32)19-20)35-18-6-10-27(35)29-28(25-9-4-5-17-33-25)34-30(38)36(29)21-12-14-23(15-13-21)37-22-7-2-1-3-8-22/h1-19,28-29H,(H,34,38)/t28-,29-/m1/s1. The monoisotopic (exact) mass is 556 g/mol. The van der Waals surface area contributed by atoms with Crippen molar-refractivity contribution in [1.29, 1.82) is 0 Å². The Bertz CT molecular complexity index is 1580. The second-order valence-electron chi connectivity index (χ2n) is 8.80. The Morgan fingerprint density at radius 1 is 0.816 bits per heavy atom. The molecule has 1 fully saturated rings. The number of anilines is 1. The van der Waals surface area contributed by atoms with Crippen molar-refractivity contribution in [1.82, 2.24) is 14.9 Å². The van der Waals surface area contributed by atoms with Crippen LogP contribution in [0.25, 0.3) is 5.69 Å². The number of rotatable bonds is 6. The fourth-order valence-electron chi connectivity index (χ4n) is 4.76. The fraction of sp³-hybridized carbons (Fsp3) is 0.0667. The van der Waals surface area contributed by atoms with Crippen LogP contribution in [0.1, 0.15) is 23.5 Å². The highest BCUT2D eigenvalue weighted by Crippen LogP contribution is 2.43. The summed E-state index contributed by atoms with van der Waals surface area (Å²) in [7, 11) is 0. The number of para-hydroxylation sites is 1. The minimum Gasteiger partial charge on any atom is -0.457 e. The summed E-state index contributed by atoms with van der Waals surface area (Å²) in [6, 6.07) is 32.7. The predicted molar refractivity (Wildman–Crippen MR) is 157 cm³/mol. The third-order valence-electron chi connectivity index (χ3n) is 6.44. The maximum atomic E-state index is 6.63. The van der Waals surface area contributed by atoms with Crippen LogP contribution >= 0.6 is 35.4 Å². The van der Waals surface area contributed by atoms with Gasteiger partial charge in [0.05, 0.1) is 22.4 Å². The summed E-state index contributed by atoms with van der Waals surface area (Å²) in [5, 5.41) is 5.27. The van der Waals surface area contributed by atoms with Crippen molar-refractivity contribution in [2.24, 2.45) is 0 Å². The molecule has 3 heterocycles. The molecule has 6 rings (SSSR count). The van der Waals surface area contributed by atoms with Gasteiger partial charge in [0.15, 0.2) is 5.11 Å². The Hall–Kier alpha value is -3.84. The summed E-state index contributed by atoms with van der Waals surface area (Å²) in [6.07, 6.45) is 3.79. The van der Waals surface area contributed by atoms with Crippen molar-refractivity contribution in [3.8, 4) is 17.2 Å². The molecule has 0 saturated carbocycles. The van der Waals surface area contributed by atoms with Crippen molar-refractivity contribution in [2.75, 3.05) is 4.90 Å². The third-order valence-corrected chi connectivity index (χ3v) is 7.30. The summed E-state index contributed by atoms with van der Waals surface area (Å²) in [5.74, 6) is 1.52. The largest absolute Gasteiger partial charge is 0.457 e. The number of pyridine rings is 1. The van der Waals surface area contributed by atoms with Crippen LogP contribution in [-0.4, -0.2) is 14.7 Å². The van der Waals surface area contributed by atoms with Gasteiger partial charge in [0.1, 0.15) is 17.5 Å². The number of hydrogen-bond acceptors (Lipinski definition) is 3. The van der Waals surface area contributed by atoms with Crippen molar-refractivity contribution in [2.45, 2.75) is 12.1 Å². The Labute approximate surface area is 236 Å². The van der Waals surface area contributed by atoms with Crippen LogP contribution in [-0.2, 0) is 0 Å². The van der Waals surface area contributed by atoms with Crippen LogP contribution in [0, 0.1) is 0 Å². The molecule has 0 amide bonds. The highest BCUT2D eigenvalue weighted by molar-refractivity contribution is 7.80. The SMILES string of the molecule is S=C1N[C@H](c2ccccn2)[C@@H](c2cccn2-c2ccc(Cl)cc2Cl)N1c1ccc(Oc2ccccc2)cc1. The van der Waals surface area contributed by atoms with Gasteiger partial charge in [-0.15, -0.1) is 0 Å². The lowest BCUT2D eigenvalue weighted by Crippen LogP contribution is -2.30. The van der Waals surface area contributed by atoms with E-state index in [9.17, 15) is 0 Å². The summed E-state index contributed by atoms with van der Waals surface area (Å²) >= 11 is 18.7. The first kappa shape index (κ1) is 24.5. The second kappa shape index (κ2) is 10.5. The van der Waals surface area contributed by atoms with Crippen LogP contribution in [0.15, 0.2) is 116 Å². The first-order valence-electron chi connectivity index (χ1n) is 12.0. The first-order valence-corrected chi connectivity index (χ1v) is 13.2. The minimum absolute atomic E-state index is 0.191. The van der Waals surface area contributed by atoms with Crippen molar-refractivity contribution in [3.63, 3.8) is 0 Å². The van der Waals surface area contributed by atoms with Crippen LogP contribution in [0.2, 0.25) is 10.0 Å².